The number of rotatable bonds is 3. The SMILES string of the molecule is FC(F)(F)c1nc2ccccc2n1Cc1coc(-c2cccs2)n1. The zero-order valence-electron chi connectivity index (χ0n) is 12.1. The van der Waals surface area contributed by atoms with E-state index >= 15 is 0 Å². The van der Waals surface area contributed by atoms with Crippen LogP contribution in [0.3, 0.4) is 0 Å². The molecule has 0 N–H and O–H groups in total. The number of para-hydroxylation sites is 2. The Morgan fingerprint density at radius 1 is 1.08 bits per heavy atom. The van der Waals surface area contributed by atoms with E-state index in [9.17, 15) is 13.2 Å². The van der Waals surface area contributed by atoms with Crippen LogP contribution in [0.15, 0.2) is 52.5 Å². The molecule has 122 valence electrons. The number of imidazole rings is 1. The monoisotopic (exact) mass is 349 g/mol. The number of oxazole rings is 1. The van der Waals surface area contributed by atoms with Crippen LogP contribution in [0.1, 0.15) is 11.5 Å². The van der Waals surface area contributed by atoms with E-state index in [2.05, 4.69) is 9.97 Å². The van der Waals surface area contributed by atoms with Crippen LogP contribution < -0.4 is 0 Å². The number of alkyl halides is 3. The smallest absolute Gasteiger partial charge is 0.443 e. The average Bonchev–Trinajstić information content (AvgIpc) is 3.26. The molecule has 0 bridgehead atoms. The molecule has 0 aliphatic carbocycles. The first-order chi connectivity index (χ1) is 11.5. The van der Waals surface area contributed by atoms with Crippen molar-refractivity contribution in [3.8, 4) is 10.8 Å². The molecule has 0 saturated heterocycles. The van der Waals surface area contributed by atoms with Crippen molar-refractivity contribution < 1.29 is 17.6 Å². The highest BCUT2D eigenvalue weighted by Crippen LogP contribution is 2.32. The van der Waals surface area contributed by atoms with Gasteiger partial charge in [-0.2, -0.15) is 13.2 Å². The van der Waals surface area contributed by atoms with Crippen molar-refractivity contribution in [1.29, 1.82) is 0 Å². The third kappa shape index (κ3) is 2.58. The number of nitrogens with zero attached hydrogens (tertiary/aromatic N) is 3. The highest BCUT2D eigenvalue weighted by atomic mass is 32.1. The van der Waals surface area contributed by atoms with Gasteiger partial charge in [0.05, 0.1) is 28.1 Å². The van der Waals surface area contributed by atoms with Crippen LogP contribution in [0, 0.1) is 0 Å². The molecule has 3 aromatic heterocycles. The fraction of sp³-hybridized carbons (Fsp3) is 0.125. The molecule has 3 heterocycles. The molecular weight excluding hydrogens is 339 g/mol. The minimum Gasteiger partial charge on any atom is -0.443 e. The molecule has 4 nitrogen and oxygen atoms in total. The topological polar surface area (TPSA) is 43.9 Å². The molecule has 0 fully saturated rings. The fourth-order valence-corrected chi connectivity index (χ4v) is 3.16. The van der Waals surface area contributed by atoms with E-state index < -0.39 is 12.0 Å². The molecule has 0 aliphatic heterocycles. The predicted octanol–water partition coefficient (Wildman–Crippen LogP) is 4.82. The summed E-state index contributed by atoms with van der Waals surface area (Å²) < 4.78 is 46.4. The maximum Gasteiger partial charge on any atom is 0.449 e. The van der Waals surface area contributed by atoms with E-state index in [1.165, 1.54) is 17.6 Å². The van der Waals surface area contributed by atoms with Gasteiger partial charge in [0, 0.05) is 0 Å². The lowest BCUT2D eigenvalue weighted by molar-refractivity contribution is -0.146. The van der Waals surface area contributed by atoms with Crippen molar-refractivity contribution in [3.63, 3.8) is 0 Å². The minimum atomic E-state index is -4.54. The van der Waals surface area contributed by atoms with Gasteiger partial charge in [0.1, 0.15) is 6.26 Å². The Morgan fingerprint density at radius 2 is 1.92 bits per heavy atom. The van der Waals surface area contributed by atoms with Gasteiger partial charge in [-0.05, 0) is 23.6 Å². The molecule has 1 aromatic carbocycles. The molecule has 0 spiro atoms. The quantitative estimate of drug-likeness (QED) is 0.533. The van der Waals surface area contributed by atoms with E-state index in [1.807, 2.05) is 17.5 Å². The third-order valence-corrected chi connectivity index (χ3v) is 4.37. The summed E-state index contributed by atoms with van der Waals surface area (Å²) in [5, 5.41) is 1.88. The summed E-state index contributed by atoms with van der Waals surface area (Å²) in [5.41, 5.74) is 1.12. The number of hydrogen-bond acceptors (Lipinski definition) is 4. The van der Waals surface area contributed by atoms with Crippen LogP contribution in [0.5, 0.6) is 0 Å². The van der Waals surface area contributed by atoms with Gasteiger partial charge in [-0.1, -0.05) is 18.2 Å². The maximum absolute atomic E-state index is 13.3. The fourth-order valence-electron chi connectivity index (χ4n) is 2.51. The summed E-state index contributed by atoms with van der Waals surface area (Å²) in [6.07, 6.45) is -3.16. The number of benzene rings is 1. The normalized spacial score (nSPS) is 12.1. The molecule has 8 heteroatoms. The summed E-state index contributed by atoms with van der Waals surface area (Å²) in [6.45, 7) is -0.0652. The zero-order chi connectivity index (χ0) is 16.7. The first-order valence-corrected chi connectivity index (χ1v) is 7.91. The standard InChI is InChI=1S/C16H10F3N3OS/c17-16(18,19)15-21-11-4-1-2-5-12(11)22(15)8-10-9-23-14(20-10)13-6-3-7-24-13/h1-7,9H,8H2. The second kappa shape index (κ2) is 5.48. The summed E-state index contributed by atoms with van der Waals surface area (Å²) >= 11 is 1.45. The van der Waals surface area contributed by atoms with Crippen molar-refractivity contribution in [2.75, 3.05) is 0 Å². The Labute approximate surface area is 138 Å². The van der Waals surface area contributed by atoms with E-state index in [1.54, 1.807) is 24.3 Å². The lowest BCUT2D eigenvalue weighted by Gasteiger charge is -2.09. The zero-order valence-corrected chi connectivity index (χ0v) is 12.9. The van der Waals surface area contributed by atoms with Gasteiger partial charge in [-0.3, -0.25) is 0 Å². The van der Waals surface area contributed by atoms with Gasteiger partial charge in [-0.25, -0.2) is 9.97 Å². The minimum absolute atomic E-state index is 0.0652. The Hall–Kier alpha value is -2.61. The largest absolute Gasteiger partial charge is 0.449 e. The lowest BCUT2D eigenvalue weighted by atomic mass is 10.3. The van der Waals surface area contributed by atoms with E-state index in [0.29, 0.717) is 22.6 Å². The Bertz CT molecular complexity index is 986. The molecule has 24 heavy (non-hydrogen) atoms. The summed E-state index contributed by atoms with van der Waals surface area (Å²) in [6, 6.07) is 10.2. The number of aromatic nitrogens is 3. The molecular formula is C16H10F3N3OS. The van der Waals surface area contributed by atoms with Gasteiger partial charge in [0.25, 0.3) is 0 Å². The highest BCUT2D eigenvalue weighted by molar-refractivity contribution is 7.13. The van der Waals surface area contributed by atoms with Crippen molar-refractivity contribution in [2.24, 2.45) is 0 Å². The first-order valence-electron chi connectivity index (χ1n) is 7.03. The number of hydrogen-bond donors (Lipinski definition) is 0. The van der Waals surface area contributed by atoms with E-state index in [0.717, 1.165) is 9.44 Å². The van der Waals surface area contributed by atoms with Crippen LogP contribution >= 0.6 is 11.3 Å². The Kier molecular flexibility index (Phi) is 3.42. The second-order valence-corrected chi connectivity index (χ2v) is 6.08. The van der Waals surface area contributed by atoms with Gasteiger partial charge >= 0.3 is 6.18 Å². The van der Waals surface area contributed by atoms with Crippen molar-refractivity contribution in [1.82, 2.24) is 14.5 Å². The number of fused-ring (bicyclic) bond motifs is 1. The summed E-state index contributed by atoms with van der Waals surface area (Å²) in [4.78, 5) is 8.83. The molecule has 0 amide bonds. The first kappa shape index (κ1) is 14.9. The van der Waals surface area contributed by atoms with Crippen LogP contribution in [0.25, 0.3) is 21.8 Å². The molecule has 4 aromatic rings. The number of halogens is 3. The van der Waals surface area contributed by atoms with Gasteiger partial charge in [0.15, 0.2) is 0 Å². The van der Waals surface area contributed by atoms with Crippen LogP contribution in [0.4, 0.5) is 13.2 Å². The van der Waals surface area contributed by atoms with Crippen LogP contribution in [0.2, 0.25) is 0 Å². The van der Waals surface area contributed by atoms with Crippen molar-refractivity contribution >= 4 is 22.4 Å². The Morgan fingerprint density at radius 3 is 2.67 bits per heavy atom. The van der Waals surface area contributed by atoms with Crippen LogP contribution in [-0.4, -0.2) is 14.5 Å². The molecule has 0 aliphatic rings. The average molecular weight is 349 g/mol. The van der Waals surface area contributed by atoms with Crippen molar-refractivity contribution in [2.45, 2.75) is 12.7 Å². The van der Waals surface area contributed by atoms with E-state index in [4.69, 9.17) is 4.42 Å². The summed E-state index contributed by atoms with van der Waals surface area (Å²) in [7, 11) is 0. The van der Waals surface area contributed by atoms with E-state index in [-0.39, 0.29) is 6.54 Å². The maximum atomic E-state index is 13.3. The number of thiophene rings is 1. The second-order valence-electron chi connectivity index (χ2n) is 5.13. The molecule has 0 radical (unpaired) electrons. The molecule has 0 unspecified atom stereocenters. The third-order valence-electron chi connectivity index (χ3n) is 3.51. The highest BCUT2D eigenvalue weighted by Gasteiger charge is 2.37. The van der Waals surface area contributed by atoms with Crippen LogP contribution in [-0.2, 0) is 12.7 Å². The molecule has 0 saturated carbocycles. The Balaban J connectivity index is 1.77. The summed E-state index contributed by atoms with van der Waals surface area (Å²) in [5.74, 6) is -0.539. The van der Waals surface area contributed by atoms with Crippen molar-refractivity contribution in [3.05, 3.63) is 59.6 Å². The van der Waals surface area contributed by atoms with Gasteiger partial charge in [0.2, 0.25) is 11.7 Å². The van der Waals surface area contributed by atoms with Gasteiger partial charge < -0.3 is 8.98 Å². The van der Waals surface area contributed by atoms with Gasteiger partial charge in [-0.15, -0.1) is 11.3 Å². The lowest BCUT2D eigenvalue weighted by Crippen LogP contribution is -2.15. The molecule has 4 rings (SSSR count). The predicted molar refractivity (Wildman–Crippen MR) is 83.7 cm³/mol. The molecule has 0 atom stereocenters.